The predicted octanol–water partition coefficient (Wildman–Crippen LogP) is 0.841. The zero-order valence-corrected chi connectivity index (χ0v) is 7.26. The highest BCUT2D eigenvalue weighted by Crippen LogP contribution is 2.08. The molecule has 0 aromatic rings. The third kappa shape index (κ3) is 3.78. The molecule has 0 saturated heterocycles. The summed E-state index contributed by atoms with van der Waals surface area (Å²) in [6.07, 6.45) is 0.829. The van der Waals surface area contributed by atoms with Crippen molar-refractivity contribution in [1.29, 1.82) is 0 Å². The molecule has 0 heterocycles. The van der Waals surface area contributed by atoms with Gasteiger partial charge in [0.2, 0.25) is 0 Å². The number of esters is 1. The zero-order valence-electron chi connectivity index (χ0n) is 7.26. The van der Waals surface area contributed by atoms with E-state index in [-0.39, 0.29) is 6.10 Å². The van der Waals surface area contributed by atoms with E-state index in [1.807, 2.05) is 0 Å². The zero-order chi connectivity index (χ0) is 9.07. The second kappa shape index (κ2) is 3.53. The van der Waals surface area contributed by atoms with Crippen molar-refractivity contribution in [3.05, 3.63) is 12.7 Å². The molecule has 0 aliphatic carbocycles. The summed E-state index contributed by atoms with van der Waals surface area (Å²) in [4.78, 5) is 10.7. The molecule has 0 spiro atoms. The topological polar surface area (TPSA) is 52.3 Å². The largest absolute Gasteiger partial charge is 0.458 e. The highest BCUT2D eigenvalue weighted by molar-refractivity contribution is 5.81. The van der Waals surface area contributed by atoms with Gasteiger partial charge in [-0.25, -0.2) is 4.79 Å². The average Bonchev–Trinajstić information content (AvgIpc) is 1.85. The molecule has 0 aliphatic rings. The predicted molar refractivity (Wildman–Crippen MR) is 44.0 cm³/mol. The molecule has 64 valence electrons. The van der Waals surface area contributed by atoms with Crippen molar-refractivity contribution < 1.29 is 9.53 Å². The summed E-state index contributed by atoms with van der Waals surface area (Å²) in [5.41, 5.74) is 5.17. The van der Waals surface area contributed by atoms with E-state index in [1.54, 1.807) is 20.8 Å². The van der Waals surface area contributed by atoms with Crippen LogP contribution in [0.2, 0.25) is 0 Å². The molecular weight excluding hydrogens is 142 g/mol. The van der Waals surface area contributed by atoms with Gasteiger partial charge in [-0.2, -0.15) is 0 Å². The van der Waals surface area contributed by atoms with Crippen molar-refractivity contribution in [3.63, 3.8) is 0 Å². The van der Waals surface area contributed by atoms with Gasteiger partial charge in [-0.3, -0.25) is 0 Å². The first kappa shape index (κ1) is 10.2. The summed E-state index contributed by atoms with van der Waals surface area (Å²) in [5, 5.41) is 0. The van der Waals surface area contributed by atoms with Gasteiger partial charge in [-0.15, -0.1) is 0 Å². The van der Waals surface area contributed by atoms with Gasteiger partial charge >= 0.3 is 5.97 Å². The van der Waals surface area contributed by atoms with Crippen LogP contribution in [0.25, 0.3) is 0 Å². The van der Waals surface area contributed by atoms with Crippen molar-refractivity contribution in [2.24, 2.45) is 5.73 Å². The summed E-state index contributed by atoms with van der Waals surface area (Å²) >= 11 is 0. The fourth-order valence-corrected chi connectivity index (χ4v) is 0.374. The Labute approximate surface area is 67.2 Å². The van der Waals surface area contributed by atoms with E-state index in [2.05, 4.69) is 6.58 Å². The summed E-state index contributed by atoms with van der Waals surface area (Å²) in [6.45, 7) is 8.63. The number of nitrogens with two attached hydrogens (primary N) is 1. The summed E-state index contributed by atoms with van der Waals surface area (Å²) < 4.78 is 4.88. The molecule has 0 aliphatic heterocycles. The number of carbonyl (C=O) groups excluding carboxylic acids is 1. The third-order valence-electron chi connectivity index (χ3n) is 1.51. The standard InChI is InChI=1S/C8H15NO2/c1-5-7(10)11-6(2)8(3,4)9/h5-6H,1,9H2,2-4H3. The maximum absolute atomic E-state index is 10.7. The van der Waals surface area contributed by atoms with Crippen LogP contribution in [-0.2, 0) is 9.53 Å². The number of hydrogen-bond donors (Lipinski definition) is 1. The molecule has 2 N–H and O–H groups in total. The number of hydrogen-bond acceptors (Lipinski definition) is 3. The average molecular weight is 157 g/mol. The Bertz CT molecular complexity index is 158. The van der Waals surface area contributed by atoms with Crippen molar-refractivity contribution in [2.45, 2.75) is 32.4 Å². The van der Waals surface area contributed by atoms with Crippen LogP contribution < -0.4 is 5.73 Å². The lowest BCUT2D eigenvalue weighted by molar-refractivity contribution is -0.144. The van der Waals surface area contributed by atoms with Gasteiger partial charge < -0.3 is 10.5 Å². The Morgan fingerprint density at radius 3 is 2.45 bits per heavy atom. The minimum Gasteiger partial charge on any atom is -0.458 e. The molecule has 1 unspecified atom stereocenters. The van der Waals surface area contributed by atoms with Gasteiger partial charge in [0, 0.05) is 11.6 Å². The molecule has 3 heteroatoms. The summed E-state index contributed by atoms with van der Waals surface area (Å²) in [5.74, 6) is -0.434. The van der Waals surface area contributed by atoms with Gasteiger partial charge in [-0.1, -0.05) is 6.58 Å². The quantitative estimate of drug-likeness (QED) is 0.488. The van der Waals surface area contributed by atoms with E-state index in [4.69, 9.17) is 10.5 Å². The van der Waals surface area contributed by atoms with Gasteiger partial charge in [0.25, 0.3) is 0 Å². The molecule has 11 heavy (non-hydrogen) atoms. The second-order valence-electron chi connectivity index (χ2n) is 3.10. The van der Waals surface area contributed by atoms with Crippen LogP contribution in [0.1, 0.15) is 20.8 Å². The molecule has 0 fully saturated rings. The molecule has 0 amide bonds. The molecule has 0 aromatic heterocycles. The Morgan fingerprint density at radius 1 is 1.73 bits per heavy atom. The minimum atomic E-state index is -0.501. The number of carbonyl (C=O) groups is 1. The lowest BCUT2D eigenvalue weighted by atomic mass is 10.0. The first-order valence-electron chi connectivity index (χ1n) is 3.50. The molecule has 0 rings (SSSR count). The van der Waals surface area contributed by atoms with Crippen molar-refractivity contribution in [2.75, 3.05) is 0 Å². The van der Waals surface area contributed by atoms with Crippen LogP contribution in [0.4, 0.5) is 0 Å². The first-order chi connectivity index (χ1) is 4.88. The van der Waals surface area contributed by atoms with Crippen LogP contribution in [0.15, 0.2) is 12.7 Å². The second-order valence-corrected chi connectivity index (χ2v) is 3.10. The fraction of sp³-hybridized carbons (Fsp3) is 0.625. The van der Waals surface area contributed by atoms with E-state index >= 15 is 0 Å². The Kier molecular flexibility index (Phi) is 3.26. The van der Waals surface area contributed by atoms with Crippen LogP contribution in [0.5, 0.6) is 0 Å². The highest BCUT2D eigenvalue weighted by atomic mass is 16.5. The molecular formula is C8H15NO2. The van der Waals surface area contributed by atoms with Crippen molar-refractivity contribution >= 4 is 5.97 Å². The van der Waals surface area contributed by atoms with E-state index in [0.717, 1.165) is 6.08 Å². The smallest absolute Gasteiger partial charge is 0.330 e. The van der Waals surface area contributed by atoms with E-state index in [9.17, 15) is 4.79 Å². The molecule has 0 radical (unpaired) electrons. The Balaban J connectivity index is 3.97. The van der Waals surface area contributed by atoms with Gasteiger partial charge in [0.1, 0.15) is 6.10 Å². The highest BCUT2D eigenvalue weighted by Gasteiger charge is 2.23. The van der Waals surface area contributed by atoms with Crippen LogP contribution in [-0.4, -0.2) is 17.6 Å². The lowest BCUT2D eigenvalue weighted by Gasteiger charge is -2.26. The maximum Gasteiger partial charge on any atom is 0.330 e. The van der Waals surface area contributed by atoms with Crippen LogP contribution in [0.3, 0.4) is 0 Å². The van der Waals surface area contributed by atoms with E-state index in [0.29, 0.717) is 0 Å². The molecule has 0 bridgehead atoms. The normalized spacial score (nSPS) is 13.8. The molecule has 3 nitrogen and oxygen atoms in total. The van der Waals surface area contributed by atoms with E-state index < -0.39 is 11.5 Å². The van der Waals surface area contributed by atoms with Crippen molar-refractivity contribution in [3.8, 4) is 0 Å². The van der Waals surface area contributed by atoms with Gasteiger partial charge in [0.15, 0.2) is 0 Å². The lowest BCUT2D eigenvalue weighted by Crippen LogP contribution is -2.45. The van der Waals surface area contributed by atoms with Crippen LogP contribution >= 0.6 is 0 Å². The fourth-order valence-electron chi connectivity index (χ4n) is 0.374. The summed E-state index contributed by atoms with van der Waals surface area (Å²) in [7, 11) is 0. The Morgan fingerprint density at radius 2 is 2.18 bits per heavy atom. The first-order valence-corrected chi connectivity index (χ1v) is 3.50. The third-order valence-corrected chi connectivity index (χ3v) is 1.51. The van der Waals surface area contributed by atoms with Gasteiger partial charge in [-0.05, 0) is 20.8 Å². The minimum absolute atomic E-state index is 0.298. The number of rotatable bonds is 3. The number of ether oxygens (including phenoxy) is 1. The monoisotopic (exact) mass is 157 g/mol. The van der Waals surface area contributed by atoms with Crippen molar-refractivity contribution in [1.82, 2.24) is 0 Å². The molecule has 0 aromatic carbocycles. The van der Waals surface area contributed by atoms with Crippen LogP contribution in [0, 0.1) is 0 Å². The molecule has 0 saturated carbocycles. The van der Waals surface area contributed by atoms with Gasteiger partial charge in [0.05, 0.1) is 0 Å². The van der Waals surface area contributed by atoms with E-state index in [1.165, 1.54) is 0 Å². The SMILES string of the molecule is C=CC(=O)OC(C)C(C)(C)N. The Hall–Kier alpha value is -0.830. The summed E-state index contributed by atoms with van der Waals surface area (Å²) in [6, 6.07) is 0. The molecule has 1 atom stereocenters. The maximum atomic E-state index is 10.7.